The molecule has 0 bridgehead atoms. The van der Waals surface area contributed by atoms with Crippen molar-refractivity contribution in [2.24, 2.45) is 0 Å². The Balaban J connectivity index is 1.34. The molecule has 0 aliphatic heterocycles. The van der Waals surface area contributed by atoms with E-state index in [9.17, 15) is 9.59 Å². The number of benzene rings is 2. The van der Waals surface area contributed by atoms with Crippen LogP contribution in [-0.2, 0) is 0 Å². The van der Waals surface area contributed by atoms with Crippen molar-refractivity contribution < 1.29 is 9.59 Å². The van der Waals surface area contributed by atoms with Crippen LogP contribution in [0.15, 0.2) is 91.6 Å². The van der Waals surface area contributed by atoms with Gasteiger partial charge in [-0.2, -0.15) is 0 Å². The number of amides is 3. The minimum Gasteiger partial charge on any atom is -0.322 e. The van der Waals surface area contributed by atoms with Gasteiger partial charge in [0.15, 0.2) is 0 Å². The highest BCUT2D eigenvalue weighted by atomic mass is 16.2. The molecule has 0 aliphatic carbocycles. The molecule has 30 heavy (non-hydrogen) atoms. The Bertz CT molecular complexity index is 1120. The van der Waals surface area contributed by atoms with Gasteiger partial charge in [-0.25, -0.2) is 14.8 Å². The standard InChI is InChI=1S/C22H18N6O2/c29-21(16-6-11-20(24-14-16)28-13-12-23-15-28)25-18-7-9-19(10-8-18)27-22(30)26-17-4-2-1-3-5-17/h1-15H,(H,25,29)(H2,26,27,30). The van der Waals surface area contributed by atoms with E-state index < -0.39 is 0 Å². The molecule has 0 fully saturated rings. The number of carbonyl (C=O) groups is 2. The first-order valence-corrected chi connectivity index (χ1v) is 9.16. The molecule has 0 unspecified atom stereocenters. The van der Waals surface area contributed by atoms with E-state index in [1.54, 1.807) is 71.8 Å². The molecule has 2 heterocycles. The first-order chi connectivity index (χ1) is 14.7. The van der Waals surface area contributed by atoms with E-state index in [2.05, 4.69) is 25.9 Å². The van der Waals surface area contributed by atoms with Gasteiger partial charge >= 0.3 is 6.03 Å². The molecule has 3 N–H and O–H groups in total. The number of urea groups is 1. The van der Waals surface area contributed by atoms with Gasteiger partial charge in [0.1, 0.15) is 12.1 Å². The minimum atomic E-state index is -0.345. The number of hydrogen-bond acceptors (Lipinski definition) is 4. The van der Waals surface area contributed by atoms with Crippen molar-refractivity contribution in [3.05, 3.63) is 97.2 Å². The van der Waals surface area contributed by atoms with Crippen LogP contribution < -0.4 is 16.0 Å². The second-order valence-corrected chi connectivity index (χ2v) is 6.35. The smallest absolute Gasteiger partial charge is 0.322 e. The molecule has 0 radical (unpaired) electrons. The fraction of sp³-hybridized carbons (Fsp3) is 0. The van der Waals surface area contributed by atoms with Crippen LogP contribution in [0.3, 0.4) is 0 Å². The van der Waals surface area contributed by atoms with Crippen LogP contribution in [0, 0.1) is 0 Å². The van der Waals surface area contributed by atoms with E-state index in [0.717, 1.165) is 0 Å². The third-order valence-electron chi connectivity index (χ3n) is 4.21. The lowest BCUT2D eigenvalue weighted by molar-refractivity contribution is 0.102. The molecule has 0 spiro atoms. The van der Waals surface area contributed by atoms with Gasteiger partial charge in [0.25, 0.3) is 5.91 Å². The molecule has 0 saturated carbocycles. The normalized spacial score (nSPS) is 10.3. The first kappa shape index (κ1) is 18.9. The Morgan fingerprint density at radius 3 is 2.03 bits per heavy atom. The highest BCUT2D eigenvalue weighted by Crippen LogP contribution is 2.16. The number of nitrogens with zero attached hydrogens (tertiary/aromatic N) is 3. The summed E-state index contributed by atoms with van der Waals surface area (Å²) in [6.45, 7) is 0. The van der Waals surface area contributed by atoms with Crippen LogP contribution in [0.5, 0.6) is 0 Å². The van der Waals surface area contributed by atoms with Crippen molar-refractivity contribution in [2.45, 2.75) is 0 Å². The zero-order valence-electron chi connectivity index (χ0n) is 15.8. The summed E-state index contributed by atoms with van der Waals surface area (Å²) in [5.41, 5.74) is 2.34. The maximum absolute atomic E-state index is 12.4. The Morgan fingerprint density at radius 1 is 0.767 bits per heavy atom. The second kappa shape index (κ2) is 8.70. The number of nitrogens with one attached hydrogen (secondary N) is 3. The molecule has 8 nitrogen and oxygen atoms in total. The fourth-order valence-electron chi connectivity index (χ4n) is 2.72. The van der Waals surface area contributed by atoms with Crippen molar-refractivity contribution in [3.8, 4) is 5.82 Å². The SMILES string of the molecule is O=C(Nc1ccccc1)Nc1ccc(NC(=O)c2ccc(-n3ccnc3)nc2)cc1. The van der Waals surface area contributed by atoms with Crippen LogP contribution in [0.1, 0.15) is 10.4 Å². The predicted molar refractivity (Wildman–Crippen MR) is 115 cm³/mol. The van der Waals surface area contributed by atoms with E-state index in [1.807, 2.05) is 18.2 Å². The highest BCUT2D eigenvalue weighted by molar-refractivity contribution is 6.04. The summed E-state index contributed by atoms with van der Waals surface area (Å²) in [7, 11) is 0. The number of imidazole rings is 1. The molecular formula is C22H18N6O2. The maximum Gasteiger partial charge on any atom is 0.323 e. The molecule has 2 aromatic heterocycles. The lowest BCUT2D eigenvalue weighted by atomic mass is 10.2. The van der Waals surface area contributed by atoms with E-state index in [4.69, 9.17) is 0 Å². The largest absolute Gasteiger partial charge is 0.323 e. The number of para-hydroxylation sites is 1. The minimum absolute atomic E-state index is 0.276. The Labute approximate surface area is 172 Å². The van der Waals surface area contributed by atoms with Crippen molar-refractivity contribution in [1.29, 1.82) is 0 Å². The summed E-state index contributed by atoms with van der Waals surface area (Å²) >= 11 is 0. The summed E-state index contributed by atoms with van der Waals surface area (Å²) < 4.78 is 1.75. The van der Waals surface area contributed by atoms with Gasteiger partial charge in [-0.05, 0) is 48.5 Å². The van der Waals surface area contributed by atoms with Crippen LogP contribution >= 0.6 is 0 Å². The molecule has 0 atom stereocenters. The predicted octanol–water partition coefficient (Wildman–Crippen LogP) is 4.16. The summed E-state index contributed by atoms with van der Waals surface area (Å²) in [5.74, 6) is 0.399. The Kier molecular flexibility index (Phi) is 5.47. The third-order valence-corrected chi connectivity index (χ3v) is 4.21. The number of anilines is 3. The van der Waals surface area contributed by atoms with Gasteiger partial charge < -0.3 is 16.0 Å². The molecule has 8 heteroatoms. The van der Waals surface area contributed by atoms with Gasteiger partial charge in [-0.3, -0.25) is 9.36 Å². The topological polar surface area (TPSA) is 101 Å². The molecule has 2 aromatic carbocycles. The molecule has 3 amide bonds. The van der Waals surface area contributed by atoms with Gasteiger partial charge in [0.2, 0.25) is 0 Å². The maximum atomic E-state index is 12.4. The Morgan fingerprint density at radius 2 is 1.43 bits per heavy atom. The van der Waals surface area contributed by atoms with E-state index >= 15 is 0 Å². The molecule has 0 aliphatic rings. The van der Waals surface area contributed by atoms with Gasteiger partial charge in [0, 0.05) is 35.7 Å². The summed E-state index contributed by atoms with van der Waals surface area (Å²) in [6.07, 6.45) is 6.58. The van der Waals surface area contributed by atoms with Gasteiger partial charge in [-0.1, -0.05) is 18.2 Å². The van der Waals surface area contributed by atoms with Crippen molar-refractivity contribution >= 4 is 29.0 Å². The van der Waals surface area contributed by atoms with Gasteiger partial charge in [0.05, 0.1) is 5.56 Å². The van der Waals surface area contributed by atoms with E-state index in [-0.39, 0.29) is 11.9 Å². The first-order valence-electron chi connectivity index (χ1n) is 9.16. The van der Waals surface area contributed by atoms with Crippen molar-refractivity contribution in [1.82, 2.24) is 14.5 Å². The number of hydrogen-bond donors (Lipinski definition) is 3. The second-order valence-electron chi connectivity index (χ2n) is 6.35. The average Bonchev–Trinajstić information content (AvgIpc) is 3.31. The number of aromatic nitrogens is 3. The van der Waals surface area contributed by atoms with Crippen LogP contribution in [-0.4, -0.2) is 26.5 Å². The van der Waals surface area contributed by atoms with Crippen LogP contribution in [0.25, 0.3) is 5.82 Å². The third kappa shape index (κ3) is 4.68. The zero-order chi connectivity index (χ0) is 20.8. The number of rotatable bonds is 5. The number of pyridine rings is 1. The number of carbonyl (C=O) groups excluding carboxylic acids is 2. The molecule has 148 valence electrons. The summed E-state index contributed by atoms with van der Waals surface area (Å²) in [5, 5.41) is 8.29. The van der Waals surface area contributed by atoms with E-state index in [0.29, 0.717) is 28.4 Å². The quantitative estimate of drug-likeness (QED) is 0.470. The average molecular weight is 398 g/mol. The van der Waals surface area contributed by atoms with Crippen LogP contribution in [0.2, 0.25) is 0 Å². The molecular weight excluding hydrogens is 380 g/mol. The van der Waals surface area contributed by atoms with Crippen molar-refractivity contribution in [2.75, 3.05) is 16.0 Å². The molecule has 0 saturated heterocycles. The summed E-state index contributed by atoms with van der Waals surface area (Å²) in [4.78, 5) is 32.7. The molecule has 4 rings (SSSR count). The van der Waals surface area contributed by atoms with Gasteiger partial charge in [-0.15, -0.1) is 0 Å². The lowest BCUT2D eigenvalue weighted by Gasteiger charge is -2.09. The summed E-state index contributed by atoms with van der Waals surface area (Å²) in [6, 6.07) is 19.1. The van der Waals surface area contributed by atoms with E-state index in [1.165, 1.54) is 6.20 Å². The Hall–Kier alpha value is -4.46. The zero-order valence-corrected chi connectivity index (χ0v) is 15.8. The monoisotopic (exact) mass is 398 g/mol. The van der Waals surface area contributed by atoms with Crippen molar-refractivity contribution in [3.63, 3.8) is 0 Å². The lowest BCUT2D eigenvalue weighted by Crippen LogP contribution is -2.19. The van der Waals surface area contributed by atoms with Crippen LogP contribution in [0.4, 0.5) is 21.9 Å². The fourth-order valence-corrected chi connectivity index (χ4v) is 2.72. The molecule has 4 aromatic rings. The highest BCUT2D eigenvalue weighted by Gasteiger charge is 2.08.